The van der Waals surface area contributed by atoms with Crippen LogP contribution in [0.4, 0.5) is 5.82 Å². The van der Waals surface area contributed by atoms with Crippen LogP contribution in [0.25, 0.3) is 33.5 Å². The number of likely N-dealkylation sites (N-methyl/N-ethyl adjacent to an activating group) is 1. The quantitative estimate of drug-likeness (QED) is 0.377. The van der Waals surface area contributed by atoms with Crippen LogP contribution < -0.4 is 0 Å². The van der Waals surface area contributed by atoms with Crippen LogP contribution in [0.3, 0.4) is 0 Å². The first-order valence-corrected chi connectivity index (χ1v) is 9.42. The number of hydrogen-bond acceptors (Lipinski definition) is 8. The van der Waals surface area contributed by atoms with Crippen molar-refractivity contribution in [3.05, 3.63) is 58.3 Å². The van der Waals surface area contributed by atoms with Crippen LogP contribution in [0.5, 0.6) is 0 Å². The van der Waals surface area contributed by atoms with Gasteiger partial charge in [-0.2, -0.15) is 0 Å². The number of fused-ring (bicyclic) bond motifs is 1. The van der Waals surface area contributed by atoms with Crippen LogP contribution >= 0.6 is 0 Å². The van der Waals surface area contributed by atoms with Gasteiger partial charge in [0.25, 0.3) is 5.91 Å². The maximum Gasteiger partial charge on any atom is 0.369 e. The Bertz CT molecular complexity index is 1340. The number of amides is 1. The maximum atomic E-state index is 12.3. The third-order valence-corrected chi connectivity index (χ3v) is 5.44. The van der Waals surface area contributed by atoms with Crippen molar-refractivity contribution in [3.63, 3.8) is 0 Å². The molecule has 1 aliphatic rings. The fraction of sp³-hybridized carbons (Fsp3) is 0.200. The number of aromatic nitrogens is 4. The molecule has 11 heteroatoms. The number of nitrogens with zero attached hydrogens (tertiary/aromatic N) is 5. The Hall–Kier alpha value is -4.12. The van der Waals surface area contributed by atoms with E-state index < -0.39 is 16.4 Å². The molecule has 0 saturated carbocycles. The predicted octanol–water partition coefficient (Wildman–Crippen LogP) is 2.24. The van der Waals surface area contributed by atoms with Crippen molar-refractivity contribution >= 4 is 22.8 Å². The zero-order valence-electron chi connectivity index (χ0n) is 16.3. The second kappa shape index (κ2) is 6.71. The van der Waals surface area contributed by atoms with Crippen molar-refractivity contribution in [2.24, 2.45) is 0 Å². The second-order valence-electron chi connectivity index (χ2n) is 7.39. The minimum absolute atomic E-state index is 0.0934. The molecule has 3 aromatic heterocycles. The molecule has 4 heterocycles. The van der Waals surface area contributed by atoms with Gasteiger partial charge in [0.15, 0.2) is 11.3 Å². The maximum absolute atomic E-state index is 12.3. The fourth-order valence-corrected chi connectivity index (χ4v) is 3.70. The van der Waals surface area contributed by atoms with Crippen LogP contribution in [0, 0.1) is 10.1 Å². The number of likely N-dealkylation sites (tertiary alicyclic amines) is 1. The van der Waals surface area contributed by atoms with Crippen LogP contribution in [0.1, 0.15) is 12.2 Å². The Morgan fingerprint density at radius 3 is 2.71 bits per heavy atom. The molecule has 0 unspecified atom stereocenters. The summed E-state index contributed by atoms with van der Waals surface area (Å²) in [5, 5.41) is 32.2. The number of aromatic amines is 1. The highest BCUT2D eigenvalue weighted by molar-refractivity contribution is 5.88. The van der Waals surface area contributed by atoms with E-state index in [1.54, 1.807) is 43.4 Å². The highest BCUT2D eigenvalue weighted by atomic mass is 16.6. The molecule has 1 aliphatic heterocycles. The Labute approximate surface area is 174 Å². The van der Waals surface area contributed by atoms with Crippen LogP contribution in [-0.2, 0) is 10.4 Å². The molecule has 156 valence electrons. The van der Waals surface area contributed by atoms with Gasteiger partial charge in [0.05, 0.1) is 5.69 Å². The van der Waals surface area contributed by atoms with E-state index in [9.17, 15) is 20.0 Å². The molecule has 0 aliphatic carbocycles. The number of carbonyl (C=O) groups excluding carboxylic acids is 1. The van der Waals surface area contributed by atoms with Gasteiger partial charge in [-0.25, -0.2) is 4.98 Å². The first-order chi connectivity index (χ1) is 14.9. The number of H-pyrrole nitrogens is 1. The summed E-state index contributed by atoms with van der Waals surface area (Å²) in [4.78, 5) is 28.7. The Balaban J connectivity index is 1.51. The summed E-state index contributed by atoms with van der Waals surface area (Å²) in [6.07, 6.45) is 0.227. The van der Waals surface area contributed by atoms with E-state index >= 15 is 0 Å². The fourth-order valence-electron chi connectivity index (χ4n) is 3.70. The van der Waals surface area contributed by atoms with E-state index in [-0.39, 0.29) is 23.5 Å². The van der Waals surface area contributed by atoms with Crippen molar-refractivity contribution in [2.75, 3.05) is 13.6 Å². The van der Waals surface area contributed by atoms with Crippen molar-refractivity contribution < 1.29 is 19.3 Å². The van der Waals surface area contributed by atoms with E-state index in [4.69, 9.17) is 4.52 Å². The molecule has 0 spiro atoms. The topological polar surface area (TPSA) is 151 Å². The number of nitro groups is 1. The van der Waals surface area contributed by atoms with Gasteiger partial charge >= 0.3 is 5.82 Å². The van der Waals surface area contributed by atoms with Gasteiger partial charge in [-0.1, -0.05) is 28.5 Å². The summed E-state index contributed by atoms with van der Waals surface area (Å²) in [6, 6.07) is 12.1. The summed E-state index contributed by atoms with van der Waals surface area (Å²) >= 11 is 0. The van der Waals surface area contributed by atoms with Gasteiger partial charge in [0.2, 0.25) is 5.60 Å². The van der Waals surface area contributed by atoms with E-state index in [0.29, 0.717) is 34.6 Å². The molecule has 1 fully saturated rings. The number of nitrogens with one attached hydrogen (secondary N) is 1. The lowest BCUT2D eigenvalue weighted by atomic mass is 9.97. The van der Waals surface area contributed by atoms with Gasteiger partial charge in [-0.05, 0) is 23.1 Å². The third kappa shape index (κ3) is 2.94. The minimum atomic E-state index is -1.72. The van der Waals surface area contributed by atoms with Crippen molar-refractivity contribution in [1.82, 2.24) is 25.2 Å². The molecular weight excluding hydrogens is 404 g/mol. The average molecular weight is 420 g/mol. The zero-order valence-corrected chi connectivity index (χ0v) is 16.3. The van der Waals surface area contributed by atoms with E-state index in [1.807, 2.05) is 6.07 Å². The molecule has 5 rings (SSSR count). The molecule has 31 heavy (non-hydrogen) atoms. The van der Waals surface area contributed by atoms with E-state index in [0.717, 1.165) is 0 Å². The first-order valence-electron chi connectivity index (χ1n) is 9.42. The summed E-state index contributed by atoms with van der Waals surface area (Å²) in [5.41, 5.74) is 1.20. The molecule has 1 aromatic carbocycles. The molecular formula is C20H16N6O5. The summed E-state index contributed by atoms with van der Waals surface area (Å²) in [7, 11) is 1.62. The van der Waals surface area contributed by atoms with Crippen LogP contribution in [-0.4, -0.2) is 54.8 Å². The second-order valence-corrected chi connectivity index (χ2v) is 7.39. The Morgan fingerprint density at radius 2 is 2.00 bits per heavy atom. The summed E-state index contributed by atoms with van der Waals surface area (Å²) in [6.45, 7) is 0.426. The Morgan fingerprint density at radius 1 is 1.23 bits per heavy atom. The molecule has 0 bridgehead atoms. The number of benzene rings is 1. The highest BCUT2D eigenvalue weighted by Crippen LogP contribution is 2.35. The number of rotatable bonds is 4. The van der Waals surface area contributed by atoms with Gasteiger partial charge in [-0.15, -0.1) is 5.10 Å². The molecule has 2 N–H and O–H groups in total. The number of aliphatic hydroxyl groups is 1. The largest absolute Gasteiger partial charge is 0.373 e. The highest BCUT2D eigenvalue weighted by Gasteiger charge is 2.48. The van der Waals surface area contributed by atoms with Crippen molar-refractivity contribution in [1.29, 1.82) is 0 Å². The lowest BCUT2D eigenvalue weighted by Crippen LogP contribution is -2.35. The van der Waals surface area contributed by atoms with Gasteiger partial charge < -0.3 is 24.6 Å². The molecule has 4 aromatic rings. The normalized spacial score (nSPS) is 18.8. The molecule has 0 radical (unpaired) electrons. The average Bonchev–Trinajstić information content (AvgIpc) is 3.49. The minimum Gasteiger partial charge on any atom is -0.373 e. The number of hydrogen-bond donors (Lipinski definition) is 2. The monoisotopic (exact) mass is 420 g/mol. The lowest BCUT2D eigenvalue weighted by Gasteiger charge is -2.16. The van der Waals surface area contributed by atoms with E-state index in [2.05, 4.69) is 20.3 Å². The van der Waals surface area contributed by atoms with Crippen LogP contribution in [0.2, 0.25) is 0 Å². The summed E-state index contributed by atoms with van der Waals surface area (Å²) < 4.78 is 5.31. The zero-order chi connectivity index (χ0) is 21.8. The number of carbonyl (C=O) groups is 1. The van der Waals surface area contributed by atoms with E-state index in [1.165, 1.54) is 4.90 Å². The Kier molecular flexibility index (Phi) is 4.08. The van der Waals surface area contributed by atoms with Gasteiger partial charge in [-0.3, -0.25) is 4.79 Å². The van der Waals surface area contributed by atoms with Crippen LogP contribution in [0.15, 0.2) is 47.0 Å². The predicted molar refractivity (Wildman–Crippen MR) is 108 cm³/mol. The van der Waals surface area contributed by atoms with Gasteiger partial charge in [0.1, 0.15) is 11.2 Å². The lowest BCUT2D eigenvalue weighted by molar-refractivity contribution is -0.388. The third-order valence-electron chi connectivity index (χ3n) is 5.44. The van der Waals surface area contributed by atoms with Crippen molar-refractivity contribution in [3.8, 4) is 22.5 Å². The molecule has 1 amide bonds. The van der Waals surface area contributed by atoms with Crippen molar-refractivity contribution in [2.45, 2.75) is 12.0 Å². The standard InChI is InChI=1S/C20H16N6O5/c1-25-8-7-20(28,19(25)27)16-10-15(24-31-16)12-4-2-3-11(9-12)13-5-6-14-17(21-13)18(23-22-14)26(29)30/h2-6,9-10,28H,7-8H2,1H3,(H,22,23)/t20-/m1/s1. The molecule has 1 saturated heterocycles. The molecule has 1 atom stereocenters. The van der Waals surface area contributed by atoms with Gasteiger partial charge in [0, 0.05) is 37.2 Å². The smallest absolute Gasteiger partial charge is 0.369 e. The first kappa shape index (κ1) is 18.9. The molecule has 11 nitrogen and oxygen atoms in total. The SMILES string of the molecule is CN1CC[C@@](O)(c2cc(-c3cccc(-c4ccc5n[nH]c([N+](=O)[O-])c5n4)c3)no2)C1=O. The summed E-state index contributed by atoms with van der Waals surface area (Å²) in [5.74, 6) is -0.604. The number of pyridine rings is 1.